The Hall–Kier alpha value is -4.97. The lowest BCUT2D eigenvalue weighted by Crippen LogP contribution is -2.46. The van der Waals surface area contributed by atoms with Crippen molar-refractivity contribution < 1.29 is 63.1 Å². The molecule has 6 unspecified atom stereocenters. The topological polar surface area (TPSA) is 292 Å². The van der Waals surface area contributed by atoms with E-state index in [2.05, 4.69) is 44.2 Å². The van der Waals surface area contributed by atoms with Gasteiger partial charge < -0.3 is 56.3 Å². The summed E-state index contributed by atoms with van der Waals surface area (Å²) in [6, 6.07) is 3.45. The van der Waals surface area contributed by atoms with E-state index < -0.39 is 69.9 Å². The second-order valence-electron chi connectivity index (χ2n) is 21.2. The number of ether oxygens (including phenoxy) is 2. The molecule has 78 heavy (non-hydrogen) atoms. The highest BCUT2D eigenvalue weighted by Crippen LogP contribution is 2.32. The summed E-state index contributed by atoms with van der Waals surface area (Å²) >= 11 is 6.99. The summed E-state index contributed by atoms with van der Waals surface area (Å²) < 4.78 is 11.4. The number of thiazole rings is 1. The maximum atomic E-state index is 13.8. The first kappa shape index (κ1) is 69.1. The quantitative estimate of drug-likeness (QED) is 0.0145. The molecule has 6 amide bonds. The number of nitrogens with one attached hydrogen (secondary N) is 5. The predicted octanol–water partition coefficient (Wildman–Crippen LogP) is 6.83. The van der Waals surface area contributed by atoms with E-state index in [1.165, 1.54) is 43.1 Å². The summed E-state index contributed by atoms with van der Waals surface area (Å²) in [6.45, 7) is 21.0. The third kappa shape index (κ3) is 25.9. The van der Waals surface area contributed by atoms with Crippen LogP contribution in [0.5, 0.6) is 5.75 Å². The fraction of sp³-hybridized carbons (Fsp3) is 0.691. The number of thiol groups is 1. The lowest BCUT2D eigenvalue weighted by atomic mass is 9.95. The number of carbonyl (C=O) groups is 8. The van der Waals surface area contributed by atoms with E-state index in [4.69, 9.17) is 9.47 Å². The van der Waals surface area contributed by atoms with E-state index in [0.29, 0.717) is 36.4 Å². The summed E-state index contributed by atoms with van der Waals surface area (Å²) in [5.41, 5.74) is 0.142. The number of carbonyl (C=O) groups excluding carboxylic acids is 7. The molecule has 2 aromatic rings. The maximum absolute atomic E-state index is 13.8. The number of carboxylic acids is 1. The van der Waals surface area contributed by atoms with Crippen molar-refractivity contribution in [2.24, 2.45) is 17.8 Å². The third-order valence-corrected chi connectivity index (χ3v) is 16.4. The van der Waals surface area contributed by atoms with Gasteiger partial charge in [-0.25, -0.2) is 4.98 Å². The SMILES string of the molecule is CCC(C)SC(C(=O)NCCCC(=O)NCCC(C)(C)OCC(C)O)C(S)C(=O)NCCCC(=O)Nc1cc(C[C@@H](CC(C)C(=O)O)NC(=O)c2csc([C@@H](CC(C(C)C)N(C)C(=O)C[C@@H](C)CC)OC(C)=O)n2)ccc1O. The van der Waals surface area contributed by atoms with Gasteiger partial charge in [-0.2, -0.15) is 12.6 Å². The smallest absolute Gasteiger partial charge is 0.306 e. The van der Waals surface area contributed by atoms with Crippen molar-refractivity contribution >= 4 is 88.8 Å². The van der Waals surface area contributed by atoms with Crippen LogP contribution in [0, 0.1) is 17.8 Å². The molecule has 0 fully saturated rings. The molecule has 0 bridgehead atoms. The third-order valence-electron chi connectivity index (χ3n) is 13.2. The van der Waals surface area contributed by atoms with Crippen molar-refractivity contribution in [1.29, 1.82) is 0 Å². The fourth-order valence-corrected chi connectivity index (χ4v) is 10.4. The highest BCUT2D eigenvalue weighted by Gasteiger charge is 2.34. The average Bonchev–Trinajstić information content (AvgIpc) is 3.87. The number of anilines is 1. The molecule has 1 aromatic carbocycles. The van der Waals surface area contributed by atoms with Crippen LogP contribution in [0.2, 0.25) is 0 Å². The number of aliphatic carboxylic acids is 1. The zero-order valence-corrected chi connectivity index (χ0v) is 50.3. The highest BCUT2D eigenvalue weighted by molar-refractivity contribution is 8.02. The average molecular weight is 1150 g/mol. The van der Waals surface area contributed by atoms with E-state index in [-0.39, 0.29) is 116 Å². The van der Waals surface area contributed by atoms with Crippen molar-refractivity contribution in [1.82, 2.24) is 31.2 Å². The number of amides is 6. The van der Waals surface area contributed by atoms with Crippen molar-refractivity contribution in [2.45, 2.75) is 192 Å². The number of phenolic OH excluding ortho intramolecular Hbond substituents is 1. The fourth-order valence-electron chi connectivity index (χ4n) is 7.99. The first-order valence-corrected chi connectivity index (χ1v) is 29.4. The van der Waals surface area contributed by atoms with Crippen LogP contribution in [0.25, 0.3) is 0 Å². The molecule has 20 nitrogen and oxygen atoms in total. The molecular weight excluding hydrogens is 1060 g/mol. The largest absolute Gasteiger partial charge is 0.506 e. The van der Waals surface area contributed by atoms with Crippen molar-refractivity contribution in [3.8, 4) is 5.75 Å². The molecule has 0 saturated heterocycles. The molecule has 0 spiro atoms. The van der Waals surface area contributed by atoms with E-state index >= 15 is 0 Å². The van der Waals surface area contributed by atoms with Crippen LogP contribution in [-0.4, -0.2) is 145 Å². The Kier molecular flexibility index (Phi) is 30.9. The van der Waals surface area contributed by atoms with Gasteiger partial charge in [0.1, 0.15) is 27.0 Å². The minimum atomic E-state index is -1.07. The monoisotopic (exact) mass is 1150 g/mol. The second-order valence-corrected chi connectivity index (χ2v) is 24.2. The number of carboxylic acid groups (broad SMARTS) is 1. The standard InChI is InChI=1S/C55H89N7O13S3/c1-13-33(5)25-47(68)62(12)42(32(3)4)29-44(75-37(9)64)53-61-41(31-77-53)50(69)59-39(26-34(6)54(72)73)27-38-19-20-43(65)40(28-38)60-46(67)18-16-22-57-51(70)48(76)49(78-36(8)14-2)52(71)58-23-15-17-45(66)56-24-21-55(10,11)74-30-35(7)63/h19-20,28,31-36,39,42,44,48-49,63,65,76H,13-18,21-27,29-30H2,1-12H3,(H,56,66)(H,57,70)(H,58,71)(H,59,69)(H,60,67)(H,72,73)/t33-,34?,35?,36?,39+,42?,44+,48?,49?/m0/s1. The van der Waals surface area contributed by atoms with E-state index in [1.807, 2.05) is 55.4 Å². The molecule has 440 valence electrons. The van der Waals surface area contributed by atoms with Gasteiger partial charge in [-0.05, 0) is 88.8 Å². The number of hydrogen-bond acceptors (Lipinski definition) is 16. The van der Waals surface area contributed by atoms with Crippen molar-refractivity contribution in [2.75, 3.05) is 38.6 Å². The molecular formula is C55H89N7O13S3. The number of hydrogen-bond donors (Lipinski definition) is 9. The molecule has 23 heteroatoms. The van der Waals surface area contributed by atoms with Gasteiger partial charge in [-0.15, -0.1) is 23.1 Å². The van der Waals surface area contributed by atoms with Gasteiger partial charge in [0.2, 0.25) is 29.5 Å². The Morgan fingerprint density at radius 1 is 0.885 bits per heavy atom. The molecule has 1 heterocycles. The Labute approximate surface area is 475 Å². The summed E-state index contributed by atoms with van der Waals surface area (Å²) in [6.07, 6.45) is 2.16. The second kappa shape index (κ2) is 34.9. The number of phenols is 1. The van der Waals surface area contributed by atoms with Crippen LogP contribution in [0.4, 0.5) is 5.69 Å². The van der Waals surface area contributed by atoms with Crippen molar-refractivity contribution in [3.05, 3.63) is 39.8 Å². The molecule has 0 aliphatic heterocycles. The van der Waals surface area contributed by atoms with Gasteiger partial charge in [0, 0.05) is 82.0 Å². The van der Waals surface area contributed by atoms with Gasteiger partial charge in [-0.1, -0.05) is 61.0 Å². The number of aliphatic hydroxyl groups excluding tert-OH is 1. The van der Waals surface area contributed by atoms with E-state index in [0.717, 1.165) is 24.2 Å². The predicted molar refractivity (Wildman–Crippen MR) is 308 cm³/mol. The number of nitrogens with zero attached hydrogens (tertiary/aromatic N) is 2. The molecule has 0 radical (unpaired) electrons. The number of rotatable bonds is 37. The van der Waals surface area contributed by atoms with Crippen LogP contribution in [0.1, 0.15) is 168 Å². The lowest BCUT2D eigenvalue weighted by Gasteiger charge is -2.34. The molecule has 8 N–H and O–H groups in total. The zero-order valence-electron chi connectivity index (χ0n) is 47.8. The highest BCUT2D eigenvalue weighted by atomic mass is 32.2. The van der Waals surface area contributed by atoms with E-state index in [1.54, 1.807) is 24.9 Å². The zero-order chi connectivity index (χ0) is 58.9. The van der Waals surface area contributed by atoms with Crippen LogP contribution in [0.15, 0.2) is 23.6 Å². The Morgan fingerprint density at radius 2 is 1.53 bits per heavy atom. The number of aromatic hydroxyl groups is 1. The first-order chi connectivity index (χ1) is 36.6. The van der Waals surface area contributed by atoms with Crippen LogP contribution in [0.3, 0.4) is 0 Å². The van der Waals surface area contributed by atoms with Gasteiger partial charge >= 0.3 is 11.9 Å². The number of benzene rings is 1. The minimum Gasteiger partial charge on any atom is -0.506 e. The summed E-state index contributed by atoms with van der Waals surface area (Å²) in [5.74, 6) is -4.67. The summed E-state index contributed by atoms with van der Waals surface area (Å²) in [5, 5.41) is 44.1. The van der Waals surface area contributed by atoms with Crippen LogP contribution < -0.4 is 26.6 Å². The Bertz CT molecular complexity index is 2260. The van der Waals surface area contributed by atoms with Gasteiger partial charge in [0.15, 0.2) is 6.10 Å². The molecule has 0 aliphatic carbocycles. The molecule has 0 saturated carbocycles. The van der Waals surface area contributed by atoms with Gasteiger partial charge in [0.25, 0.3) is 5.91 Å². The summed E-state index contributed by atoms with van der Waals surface area (Å²) in [4.78, 5) is 110. The lowest BCUT2D eigenvalue weighted by molar-refractivity contribution is -0.148. The van der Waals surface area contributed by atoms with Crippen molar-refractivity contribution in [3.63, 3.8) is 0 Å². The number of aliphatic hydroxyl groups is 1. The molecule has 1 aromatic heterocycles. The minimum absolute atomic E-state index is 0.00194. The molecule has 0 aliphatic rings. The summed E-state index contributed by atoms with van der Waals surface area (Å²) in [7, 11) is 1.74. The maximum Gasteiger partial charge on any atom is 0.306 e. The molecule has 2 rings (SSSR count). The molecule has 9 atom stereocenters. The number of thioether (sulfide) groups is 1. The number of esters is 1. The van der Waals surface area contributed by atoms with Crippen LogP contribution in [-0.2, 0) is 49.5 Å². The number of aromatic nitrogens is 1. The van der Waals surface area contributed by atoms with Gasteiger partial charge in [0.05, 0.1) is 29.9 Å². The normalized spacial score (nSPS) is 15.1. The van der Waals surface area contributed by atoms with Crippen LogP contribution >= 0.6 is 35.7 Å². The Balaban J connectivity index is 2.06. The first-order valence-electron chi connectivity index (χ1n) is 27.1. The van der Waals surface area contributed by atoms with Gasteiger partial charge in [-0.3, -0.25) is 38.4 Å². The van der Waals surface area contributed by atoms with E-state index in [9.17, 15) is 53.7 Å². The Morgan fingerprint density at radius 3 is 2.12 bits per heavy atom.